The molecule has 0 aliphatic carbocycles. The first-order valence-corrected chi connectivity index (χ1v) is 11.8. The number of ether oxygens (including phenoxy) is 6. The van der Waals surface area contributed by atoms with Crippen LogP contribution >= 0.6 is 0 Å². The molecule has 2 bridgehead atoms. The smallest absolute Gasteiger partial charge is 0.408 e. The van der Waals surface area contributed by atoms with E-state index in [1.165, 1.54) is 0 Å². The van der Waals surface area contributed by atoms with E-state index in [1.54, 1.807) is 7.11 Å². The largest absolute Gasteiger partial charge is 0.488 e. The standard InChI is InChI=1S/C27H35NO7/c1-25(2,3)35-21-13-11-20(12-14-21)22(30-5)23(27-32-16-26(4,17-33-27)18-34-27)28-24(29)31-15-19-9-7-6-8-10-19/h6-14,22-23H,15-18H2,1-5H3,(H,28,29)/t22-,23-,26?,27?/m0/s1. The summed E-state index contributed by atoms with van der Waals surface area (Å²) in [5.74, 6) is -0.763. The zero-order chi connectivity index (χ0) is 25.1. The molecule has 2 atom stereocenters. The number of amides is 1. The quantitative estimate of drug-likeness (QED) is 0.586. The number of alkyl carbamates (subject to hydrolysis) is 1. The first kappa shape index (κ1) is 25.4. The van der Waals surface area contributed by atoms with Crippen molar-refractivity contribution in [3.63, 3.8) is 0 Å². The molecular formula is C27H35NO7. The molecule has 35 heavy (non-hydrogen) atoms. The van der Waals surface area contributed by atoms with Crippen molar-refractivity contribution in [2.75, 3.05) is 26.9 Å². The number of nitrogens with one attached hydrogen (secondary N) is 1. The van der Waals surface area contributed by atoms with Crippen molar-refractivity contribution >= 4 is 6.09 Å². The number of methoxy groups -OCH3 is 1. The van der Waals surface area contributed by atoms with E-state index in [1.807, 2.05) is 82.3 Å². The molecule has 3 aliphatic rings. The Bertz CT molecular complexity index is 962. The Morgan fingerprint density at radius 2 is 1.60 bits per heavy atom. The van der Waals surface area contributed by atoms with Crippen molar-refractivity contribution in [3.05, 3.63) is 65.7 Å². The molecule has 1 N–H and O–H groups in total. The van der Waals surface area contributed by atoms with Gasteiger partial charge in [0.25, 0.3) is 0 Å². The third-order valence-electron chi connectivity index (χ3n) is 5.92. The van der Waals surface area contributed by atoms with Crippen molar-refractivity contribution in [1.82, 2.24) is 5.32 Å². The van der Waals surface area contributed by atoms with Gasteiger partial charge in [0.15, 0.2) is 0 Å². The van der Waals surface area contributed by atoms with E-state index < -0.39 is 24.2 Å². The lowest BCUT2D eigenvalue weighted by Gasteiger charge is -2.53. The van der Waals surface area contributed by atoms with Gasteiger partial charge in [-0.1, -0.05) is 49.4 Å². The lowest BCUT2D eigenvalue weighted by molar-refractivity contribution is -0.478. The Morgan fingerprint density at radius 3 is 2.14 bits per heavy atom. The number of hydrogen-bond acceptors (Lipinski definition) is 7. The molecule has 3 saturated heterocycles. The SMILES string of the molecule is CO[C@@H](c1ccc(OC(C)(C)C)cc1)[C@H](NC(=O)OCc1ccccc1)C12OCC(C)(CO1)CO2. The Kier molecular flexibility index (Phi) is 7.38. The highest BCUT2D eigenvalue weighted by molar-refractivity contribution is 5.68. The number of benzene rings is 2. The van der Waals surface area contributed by atoms with Gasteiger partial charge in [0.05, 0.1) is 19.8 Å². The van der Waals surface area contributed by atoms with Crippen molar-refractivity contribution in [1.29, 1.82) is 0 Å². The molecule has 3 aliphatic heterocycles. The summed E-state index contributed by atoms with van der Waals surface area (Å²) in [5, 5.41) is 2.90. The van der Waals surface area contributed by atoms with Gasteiger partial charge >= 0.3 is 12.1 Å². The summed E-state index contributed by atoms with van der Waals surface area (Å²) in [6, 6.07) is 16.2. The van der Waals surface area contributed by atoms with Gasteiger partial charge in [0, 0.05) is 12.5 Å². The zero-order valence-corrected chi connectivity index (χ0v) is 21.0. The molecular weight excluding hydrogens is 450 g/mol. The highest BCUT2D eigenvalue weighted by Crippen LogP contribution is 2.43. The van der Waals surface area contributed by atoms with E-state index in [9.17, 15) is 4.79 Å². The molecule has 8 heteroatoms. The summed E-state index contributed by atoms with van der Waals surface area (Å²) in [6.45, 7) is 9.47. The minimum Gasteiger partial charge on any atom is -0.488 e. The maximum Gasteiger partial charge on any atom is 0.408 e. The molecule has 0 saturated carbocycles. The average Bonchev–Trinajstić information content (AvgIpc) is 2.84. The third-order valence-corrected chi connectivity index (χ3v) is 5.92. The normalized spacial score (nSPS) is 25.5. The van der Waals surface area contributed by atoms with Crippen LogP contribution in [-0.2, 0) is 30.3 Å². The summed E-state index contributed by atoms with van der Waals surface area (Å²) in [6.07, 6.45) is -1.27. The zero-order valence-electron chi connectivity index (χ0n) is 21.0. The van der Waals surface area contributed by atoms with Crippen molar-refractivity contribution in [2.24, 2.45) is 5.41 Å². The Labute approximate surface area is 206 Å². The van der Waals surface area contributed by atoms with Gasteiger partial charge in [-0.05, 0) is 44.0 Å². The number of carbonyl (C=O) groups excluding carboxylic acids is 1. The summed E-state index contributed by atoms with van der Waals surface area (Å²) < 4.78 is 35.5. The second kappa shape index (κ2) is 10.1. The molecule has 190 valence electrons. The van der Waals surface area contributed by atoms with Crippen LogP contribution in [0.25, 0.3) is 0 Å². The van der Waals surface area contributed by atoms with E-state index in [0.29, 0.717) is 19.8 Å². The highest BCUT2D eigenvalue weighted by Gasteiger charge is 2.58. The molecule has 2 aromatic rings. The highest BCUT2D eigenvalue weighted by atomic mass is 16.9. The van der Waals surface area contributed by atoms with Gasteiger partial charge in [0.2, 0.25) is 0 Å². The topological polar surface area (TPSA) is 84.5 Å². The number of fused-ring (bicyclic) bond motifs is 3. The minimum atomic E-state index is -1.50. The fourth-order valence-electron chi connectivity index (χ4n) is 4.13. The summed E-state index contributed by atoms with van der Waals surface area (Å²) in [4.78, 5) is 12.9. The van der Waals surface area contributed by atoms with Crippen LogP contribution in [0.5, 0.6) is 5.75 Å². The Hall–Kier alpha value is -2.65. The lowest BCUT2D eigenvalue weighted by atomic mass is 9.89. The van der Waals surface area contributed by atoms with Crippen LogP contribution in [0.3, 0.4) is 0 Å². The van der Waals surface area contributed by atoms with Gasteiger partial charge in [-0.2, -0.15) is 0 Å². The van der Waals surface area contributed by atoms with Crippen LogP contribution in [0, 0.1) is 5.41 Å². The molecule has 3 heterocycles. The molecule has 1 amide bonds. The fourth-order valence-corrected chi connectivity index (χ4v) is 4.13. The van der Waals surface area contributed by atoms with Crippen LogP contribution in [0.2, 0.25) is 0 Å². The maximum atomic E-state index is 12.9. The van der Waals surface area contributed by atoms with Gasteiger partial charge in [-0.3, -0.25) is 0 Å². The average molecular weight is 486 g/mol. The van der Waals surface area contributed by atoms with Crippen LogP contribution in [-0.4, -0.2) is 50.6 Å². The maximum absolute atomic E-state index is 12.9. The minimum absolute atomic E-state index is 0.128. The monoisotopic (exact) mass is 485 g/mol. The molecule has 0 unspecified atom stereocenters. The Morgan fingerprint density at radius 1 is 1.00 bits per heavy atom. The molecule has 5 rings (SSSR count). The van der Waals surface area contributed by atoms with Crippen LogP contribution in [0.15, 0.2) is 54.6 Å². The fraction of sp³-hybridized carbons (Fsp3) is 0.519. The second-order valence-corrected chi connectivity index (χ2v) is 10.4. The summed E-state index contributed by atoms with van der Waals surface area (Å²) in [5.41, 5.74) is 1.13. The van der Waals surface area contributed by atoms with Crippen LogP contribution in [0.4, 0.5) is 4.79 Å². The molecule has 8 nitrogen and oxygen atoms in total. The van der Waals surface area contributed by atoms with Crippen molar-refractivity contribution in [3.8, 4) is 5.75 Å². The first-order chi connectivity index (χ1) is 16.6. The summed E-state index contributed by atoms with van der Waals surface area (Å²) >= 11 is 0. The van der Waals surface area contributed by atoms with E-state index in [2.05, 4.69) is 5.32 Å². The lowest BCUT2D eigenvalue weighted by Crippen LogP contribution is -2.68. The number of hydrogen-bond donors (Lipinski definition) is 1. The van der Waals surface area contributed by atoms with Crippen LogP contribution in [0.1, 0.15) is 44.9 Å². The predicted octanol–water partition coefficient (Wildman–Crippen LogP) is 4.58. The second-order valence-electron chi connectivity index (χ2n) is 10.4. The number of rotatable bonds is 8. The van der Waals surface area contributed by atoms with Gasteiger partial charge < -0.3 is 33.7 Å². The van der Waals surface area contributed by atoms with E-state index in [4.69, 9.17) is 28.4 Å². The Balaban J connectivity index is 1.56. The molecule has 0 radical (unpaired) electrons. The third kappa shape index (κ3) is 6.13. The van der Waals surface area contributed by atoms with E-state index in [0.717, 1.165) is 16.9 Å². The van der Waals surface area contributed by atoms with Crippen molar-refractivity contribution in [2.45, 2.75) is 58.0 Å². The molecule has 0 aromatic heterocycles. The van der Waals surface area contributed by atoms with Gasteiger partial charge in [-0.25, -0.2) is 4.79 Å². The number of carbonyl (C=O) groups is 1. The van der Waals surface area contributed by atoms with Crippen molar-refractivity contribution < 1.29 is 33.2 Å². The van der Waals surface area contributed by atoms with E-state index >= 15 is 0 Å². The van der Waals surface area contributed by atoms with Gasteiger partial charge in [0.1, 0.15) is 30.1 Å². The molecule has 2 aromatic carbocycles. The van der Waals surface area contributed by atoms with Gasteiger partial charge in [-0.15, -0.1) is 0 Å². The molecule has 0 spiro atoms. The summed E-state index contributed by atoms with van der Waals surface area (Å²) in [7, 11) is 1.57. The predicted molar refractivity (Wildman–Crippen MR) is 129 cm³/mol. The molecule has 3 fully saturated rings. The van der Waals surface area contributed by atoms with Crippen LogP contribution < -0.4 is 10.1 Å². The first-order valence-electron chi connectivity index (χ1n) is 11.8. The van der Waals surface area contributed by atoms with E-state index in [-0.39, 0.29) is 17.6 Å².